The van der Waals surface area contributed by atoms with E-state index in [2.05, 4.69) is 107 Å². The minimum absolute atomic E-state index is 0.00275. The van der Waals surface area contributed by atoms with Crippen LogP contribution in [0.5, 0.6) is 0 Å². The third-order valence-corrected chi connectivity index (χ3v) is 10.1. The van der Waals surface area contributed by atoms with Crippen molar-refractivity contribution in [3.05, 3.63) is 192 Å². The number of hydrogen-bond acceptors (Lipinski definition) is 5. The second-order valence-electron chi connectivity index (χ2n) is 14.1. The summed E-state index contributed by atoms with van der Waals surface area (Å²) in [5.41, 5.74) is 11.2. The molecule has 264 valence electrons. The predicted molar refractivity (Wildman–Crippen MR) is 212 cm³/mol. The molecule has 0 fully saturated rings. The summed E-state index contributed by atoms with van der Waals surface area (Å²) in [6.45, 7) is 3.90. The number of imidazole rings is 1. The van der Waals surface area contributed by atoms with Crippen molar-refractivity contribution in [2.75, 3.05) is 5.32 Å². The number of rotatable bonds is 13. The number of carboxylic acid groups (broad SMARTS) is 1. The van der Waals surface area contributed by atoms with Crippen LogP contribution in [0.4, 0.5) is 5.69 Å². The molecule has 6 aromatic carbocycles. The molecular weight excluding hydrogens is 657 g/mol. The Labute approximate surface area is 309 Å². The van der Waals surface area contributed by atoms with Gasteiger partial charge in [0.05, 0.1) is 18.6 Å². The number of nitrogens with two attached hydrogens (primary N) is 1. The van der Waals surface area contributed by atoms with Gasteiger partial charge in [0.2, 0.25) is 0 Å². The van der Waals surface area contributed by atoms with Crippen molar-refractivity contribution in [3.63, 3.8) is 0 Å². The molecule has 1 atom stereocenters. The number of nitrogens with one attached hydrogen (secondary N) is 1. The third kappa shape index (κ3) is 6.75. The molecule has 0 aliphatic rings. The van der Waals surface area contributed by atoms with Gasteiger partial charge >= 0.3 is 5.97 Å². The van der Waals surface area contributed by atoms with Crippen LogP contribution in [0.15, 0.2) is 164 Å². The van der Waals surface area contributed by atoms with Crippen LogP contribution >= 0.6 is 0 Å². The Balaban J connectivity index is 1.32. The average Bonchev–Trinajstić information content (AvgIpc) is 3.67. The lowest BCUT2D eigenvalue weighted by atomic mass is 9.76. The number of ketones is 1. The molecule has 7 heteroatoms. The van der Waals surface area contributed by atoms with E-state index in [9.17, 15) is 14.7 Å². The SMILES string of the molecule is CC(C)(C[C@H](N)C(=O)O)C(=O)c1cccc(NCc2cn(C(c3ccccc3)(c3ccccc3)c3ccccc3)cn2)c1-c1cccc2ccccc12. The molecule has 1 aromatic heterocycles. The fourth-order valence-corrected chi connectivity index (χ4v) is 7.53. The van der Waals surface area contributed by atoms with Crippen molar-refractivity contribution < 1.29 is 14.7 Å². The van der Waals surface area contributed by atoms with E-state index in [1.807, 2.05) is 67.0 Å². The smallest absolute Gasteiger partial charge is 0.320 e. The van der Waals surface area contributed by atoms with E-state index >= 15 is 0 Å². The highest BCUT2D eigenvalue weighted by Crippen LogP contribution is 2.42. The van der Waals surface area contributed by atoms with Gasteiger partial charge in [-0.15, -0.1) is 0 Å². The van der Waals surface area contributed by atoms with Crippen LogP contribution in [0.3, 0.4) is 0 Å². The zero-order chi connectivity index (χ0) is 37.0. The van der Waals surface area contributed by atoms with Crippen LogP contribution in [0, 0.1) is 5.41 Å². The van der Waals surface area contributed by atoms with Gasteiger partial charge < -0.3 is 20.7 Å². The van der Waals surface area contributed by atoms with Gasteiger partial charge in [-0.25, -0.2) is 4.98 Å². The number of anilines is 1. The number of aliphatic carboxylic acids is 1. The first-order chi connectivity index (χ1) is 25.7. The van der Waals surface area contributed by atoms with E-state index in [-0.39, 0.29) is 12.2 Å². The Morgan fingerprint density at radius 1 is 0.736 bits per heavy atom. The standard InChI is InChI=1S/C46H42N4O3/c1-45(2,28-40(47)44(52)53)43(51)39-26-15-27-41(42(39)38-25-14-17-32-16-12-13-24-37(32)38)48-29-36-30-50(31-49-36)46(33-18-6-3-7-19-33,34-20-8-4-9-21-34)35-22-10-5-11-23-35/h3-27,30-31,40,48H,28-29,47H2,1-2H3,(H,52,53)/t40-/m0/s1. The number of fused-ring (bicyclic) bond motifs is 1. The predicted octanol–water partition coefficient (Wildman–Crippen LogP) is 9.17. The molecule has 0 saturated carbocycles. The zero-order valence-corrected chi connectivity index (χ0v) is 29.8. The summed E-state index contributed by atoms with van der Waals surface area (Å²) in [5.74, 6) is -1.31. The molecular formula is C46H42N4O3. The van der Waals surface area contributed by atoms with Gasteiger partial charge in [-0.1, -0.05) is 159 Å². The fraction of sp³-hybridized carbons (Fsp3) is 0.152. The highest BCUT2D eigenvalue weighted by atomic mass is 16.4. The van der Waals surface area contributed by atoms with Gasteiger partial charge in [-0.05, 0) is 45.5 Å². The van der Waals surface area contributed by atoms with Crippen molar-refractivity contribution in [1.82, 2.24) is 9.55 Å². The van der Waals surface area contributed by atoms with Crippen molar-refractivity contribution in [3.8, 4) is 11.1 Å². The topological polar surface area (TPSA) is 110 Å². The Bertz CT molecular complexity index is 2270. The second kappa shape index (κ2) is 14.7. The first-order valence-corrected chi connectivity index (χ1v) is 17.8. The molecule has 0 spiro atoms. The molecule has 7 rings (SSSR count). The summed E-state index contributed by atoms with van der Waals surface area (Å²) in [6.07, 6.45) is 3.98. The fourth-order valence-electron chi connectivity index (χ4n) is 7.53. The number of carboxylic acids is 1. The van der Waals surface area contributed by atoms with Crippen molar-refractivity contribution in [1.29, 1.82) is 0 Å². The number of benzene rings is 6. The molecule has 0 bridgehead atoms. The van der Waals surface area contributed by atoms with Gasteiger partial charge in [0.15, 0.2) is 5.78 Å². The molecule has 1 heterocycles. The second-order valence-corrected chi connectivity index (χ2v) is 14.1. The van der Waals surface area contributed by atoms with Crippen LogP contribution in [0.25, 0.3) is 21.9 Å². The Morgan fingerprint density at radius 2 is 1.28 bits per heavy atom. The summed E-state index contributed by atoms with van der Waals surface area (Å²) in [7, 11) is 0. The molecule has 0 aliphatic heterocycles. The average molecular weight is 699 g/mol. The maximum absolute atomic E-state index is 14.4. The highest BCUT2D eigenvalue weighted by molar-refractivity contribution is 6.11. The molecule has 7 nitrogen and oxygen atoms in total. The van der Waals surface area contributed by atoms with Gasteiger partial charge in [-0.3, -0.25) is 9.59 Å². The zero-order valence-electron chi connectivity index (χ0n) is 29.8. The van der Waals surface area contributed by atoms with Crippen LogP contribution in [0.1, 0.15) is 53.0 Å². The molecule has 0 aliphatic carbocycles. The summed E-state index contributed by atoms with van der Waals surface area (Å²) in [5, 5.41) is 15.2. The van der Waals surface area contributed by atoms with E-state index in [0.29, 0.717) is 12.1 Å². The third-order valence-electron chi connectivity index (χ3n) is 10.1. The number of carbonyl (C=O) groups is 2. The molecule has 0 unspecified atom stereocenters. The normalized spacial score (nSPS) is 12.4. The molecule has 0 radical (unpaired) electrons. The summed E-state index contributed by atoms with van der Waals surface area (Å²) < 4.78 is 2.18. The number of nitrogens with zero attached hydrogens (tertiary/aromatic N) is 2. The summed E-state index contributed by atoms with van der Waals surface area (Å²) >= 11 is 0. The Hall–Kier alpha value is -6.31. The molecule has 0 saturated heterocycles. The number of aromatic nitrogens is 2. The molecule has 7 aromatic rings. The minimum atomic E-state index is -1.17. The van der Waals surface area contributed by atoms with E-state index in [0.717, 1.165) is 50.0 Å². The maximum Gasteiger partial charge on any atom is 0.320 e. The van der Waals surface area contributed by atoms with Crippen LogP contribution < -0.4 is 11.1 Å². The lowest BCUT2D eigenvalue weighted by Gasteiger charge is -2.37. The maximum atomic E-state index is 14.4. The lowest BCUT2D eigenvalue weighted by Crippen LogP contribution is -2.38. The summed E-state index contributed by atoms with van der Waals surface area (Å²) in [4.78, 5) is 31.0. The highest BCUT2D eigenvalue weighted by Gasteiger charge is 2.39. The first-order valence-electron chi connectivity index (χ1n) is 17.8. The van der Waals surface area contributed by atoms with Crippen molar-refractivity contribution in [2.45, 2.75) is 38.4 Å². The quantitative estimate of drug-likeness (QED) is 0.0819. The number of hydrogen-bond donors (Lipinski definition) is 3. The molecule has 4 N–H and O–H groups in total. The van der Waals surface area contributed by atoms with Crippen molar-refractivity contribution in [2.24, 2.45) is 11.1 Å². The van der Waals surface area contributed by atoms with Gasteiger partial charge in [0.1, 0.15) is 11.6 Å². The Kier molecular flexibility index (Phi) is 9.76. The van der Waals surface area contributed by atoms with E-state index in [1.54, 1.807) is 13.8 Å². The molecule has 53 heavy (non-hydrogen) atoms. The van der Waals surface area contributed by atoms with Crippen molar-refractivity contribution >= 4 is 28.2 Å². The lowest BCUT2D eigenvalue weighted by molar-refractivity contribution is -0.139. The van der Waals surface area contributed by atoms with Crippen LogP contribution in [-0.4, -0.2) is 32.5 Å². The first kappa shape index (κ1) is 35.1. The Morgan fingerprint density at radius 3 is 1.89 bits per heavy atom. The van der Waals surface area contributed by atoms with Crippen LogP contribution in [-0.2, 0) is 16.9 Å². The minimum Gasteiger partial charge on any atom is -0.480 e. The van der Waals surface area contributed by atoms with Gasteiger partial charge in [-0.2, -0.15) is 0 Å². The van der Waals surface area contributed by atoms with Gasteiger partial charge in [0, 0.05) is 28.4 Å². The van der Waals surface area contributed by atoms with E-state index < -0.39 is 23.0 Å². The largest absolute Gasteiger partial charge is 0.480 e. The summed E-state index contributed by atoms with van der Waals surface area (Å²) in [6, 6.07) is 50.1. The number of Topliss-reactive ketones (excluding diaryl/α,β-unsaturated/α-hetero) is 1. The van der Waals surface area contributed by atoms with Crippen LogP contribution in [0.2, 0.25) is 0 Å². The number of carbonyl (C=O) groups excluding carboxylic acids is 1. The van der Waals surface area contributed by atoms with Gasteiger partial charge in [0.25, 0.3) is 0 Å². The monoisotopic (exact) mass is 698 g/mol. The van der Waals surface area contributed by atoms with E-state index in [1.165, 1.54) is 0 Å². The van der Waals surface area contributed by atoms with E-state index in [4.69, 9.17) is 10.7 Å². The molecule has 0 amide bonds.